The number of benzene rings is 2. The predicted molar refractivity (Wildman–Crippen MR) is 100 cm³/mol. The second-order valence-corrected chi connectivity index (χ2v) is 7.28. The number of hydrogen-bond donors (Lipinski definition) is 4. The van der Waals surface area contributed by atoms with Crippen molar-refractivity contribution in [3.05, 3.63) is 51.0 Å². The Bertz CT molecular complexity index is 915. The van der Waals surface area contributed by atoms with Gasteiger partial charge in [0.2, 0.25) is 0 Å². The van der Waals surface area contributed by atoms with Crippen LogP contribution in [0.4, 0.5) is 24.5 Å². The monoisotopic (exact) mass is 462 g/mol. The summed E-state index contributed by atoms with van der Waals surface area (Å²) >= 11 is 3.29. The second-order valence-electron chi connectivity index (χ2n) is 6.42. The Morgan fingerprint density at radius 2 is 1.82 bits per heavy atom. The van der Waals surface area contributed by atoms with Crippen molar-refractivity contribution >= 4 is 33.2 Å². The van der Waals surface area contributed by atoms with Crippen LogP contribution >= 0.6 is 15.9 Å². The van der Waals surface area contributed by atoms with Gasteiger partial charge in [-0.15, -0.1) is 5.23 Å². The van der Waals surface area contributed by atoms with E-state index in [1.165, 1.54) is 0 Å². The lowest BCUT2D eigenvalue weighted by Gasteiger charge is -2.19. The molecule has 4 N–H and O–H groups in total. The number of carbonyl (C=O) groups excluding carboxylic acids is 1. The van der Waals surface area contributed by atoms with Gasteiger partial charge >= 0.3 is 6.18 Å². The molecule has 0 fully saturated rings. The number of aromatic hydroxyl groups is 1. The van der Waals surface area contributed by atoms with E-state index in [1.807, 2.05) is 0 Å². The van der Waals surface area contributed by atoms with Crippen molar-refractivity contribution in [2.75, 3.05) is 10.5 Å². The standard InChI is InChI=1S/C18H18BrF3N2O4/c1-8(2)11-7-13(19)9(3)15(16(11)25)17(26)23-14-5-4-10(24(27)28)6-12(14)18(20,21)22/h4-8,25,27-28H,1-3H3,(H,23,26). The summed E-state index contributed by atoms with van der Waals surface area (Å²) in [6.07, 6.45) is -4.87. The van der Waals surface area contributed by atoms with Gasteiger partial charge in [-0.3, -0.25) is 15.2 Å². The van der Waals surface area contributed by atoms with Crippen LogP contribution in [0.3, 0.4) is 0 Å². The van der Waals surface area contributed by atoms with E-state index < -0.39 is 34.2 Å². The average Bonchev–Trinajstić information content (AvgIpc) is 2.57. The van der Waals surface area contributed by atoms with E-state index in [0.717, 1.165) is 12.1 Å². The quantitative estimate of drug-likeness (QED) is 0.453. The first-order chi connectivity index (χ1) is 12.8. The number of carbonyl (C=O) groups is 1. The first kappa shape index (κ1) is 22.0. The van der Waals surface area contributed by atoms with Crippen molar-refractivity contribution in [3.8, 4) is 5.75 Å². The Kier molecular flexibility index (Phi) is 6.27. The molecule has 0 saturated carbocycles. The minimum absolute atomic E-state index is 0.131. The molecule has 152 valence electrons. The fraction of sp³-hybridized carbons (Fsp3) is 0.278. The van der Waals surface area contributed by atoms with Crippen molar-refractivity contribution in [3.63, 3.8) is 0 Å². The maximum absolute atomic E-state index is 13.3. The molecule has 2 aromatic carbocycles. The lowest BCUT2D eigenvalue weighted by Crippen LogP contribution is -2.19. The number of halogens is 4. The molecule has 0 atom stereocenters. The summed E-state index contributed by atoms with van der Waals surface area (Å²) in [5.74, 6) is -1.37. The van der Waals surface area contributed by atoms with E-state index in [1.54, 1.807) is 26.8 Å². The maximum atomic E-state index is 13.3. The lowest BCUT2D eigenvalue weighted by molar-refractivity contribution is -0.136. The summed E-state index contributed by atoms with van der Waals surface area (Å²) in [6.45, 7) is 5.15. The van der Waals surface area contributed by atoms with E-state index in [-0.39, 0.29) is 17.2 Å². The summed E-state index contributed by atoms with van der Waals surface area (Å²) in [6, 6.07) is 4.00. The molecule has 1 amide bonds. The molecule has 0 unspecified atom stereocenters. The number of nitrogens with zero attached hydrogens (tertiary/aromatic N) is 1. The predicted octanol–water partition coefficient (Wildman–Crippen LogP) is 5.44. The number of hydrogen-bond acceptors (Lipinski definition) is 5. The van der Waals surface area contributed by atoms with Crippen LogP contribution in [0.5, 0.6) is 5.75 Å². The topological polar surface area (TPSA) is 93.0 Å². The van der Waals surface area contributed by atoms with Crippen LogP contribution in [0, 0.1) is 6.92 Å². The van der Waals surface area contributed by atoms with Gasteiger partial charge in [-0.25, -0.2) is 0 Å². The van der Waals surface area contributed by atoms with Crippen molar-refractivity contribution in [1.82, 2.24) is 0 Å². The number of rotatable bonds is 4. The van der Waals surface area contributed by atoms with Gasteiger partial charge in [-0.05, 0) is 48.2 Å². The number of phenolic OH excluding ortho intramolecular Hbond substituents is 1. The summed E-state index contributed by atoms with van der Waals surface area (Å²) in [7, 11) is 0. The van der Waals surface area contributed by atoms with Gasteiger partial charge < -0.3 is 10.4 Å². The lowest BCUT2D eigenvalue weighted by atomic mass is 9.95. The molecule has 0 saturated heterocycles. The molecule has 0 spiro atoms. The SMILES string of the molecule is Cc1c(Br)cc(C(C)C)c(O)c1C(=O)Nc1ccc(N(O)O)cc1C(F)(F)F. The molecule has 2 rings (SSSR count). The van der Waals surface area contributed by atoms with Crippen molar-refractivity contribution < 1.29 is 33.5 Å². The highest BCUT2D eigenvalue weighted by atomic mass is 79.9. The minimum Gasteiger partial charge on any atom is -0.507 e. The van der Waals surface area contributed by atoms with Crippen molar-refractivity contribution in [2.24, 2.45) is 0 Å². The minimum atomic E-state index is -4.87. The fourth-order valence-electron chi connectivity index (χ4n) is 2.66. The van der Waals surface area contributed by atoms with Crippen molar-refractivity contribution in [2.45, 2.75) is 32.9 Å². The third kappa shape index (κ3) is 4.40. The summed E-state index contributed by atoms with van der Waals surface area (Å²) in [5.41, 5.74) is -1.72. The Hall–Kier alpha value is -2.30. The highest BCUT2D eigenvalue weighted by Gasteiger charge is 2.35. The van der Waals surface area contributed by atoms with Gasteiger partial charge in [0, 0.05) is 4.47 Å². The van der Waals surface area contributed by atoms with Gasteiger partial charge in [0.1, 0.15) is 5.75 Å². The molecule has 0 heterocycles. The zero-order valence-electron chi connectivity index (χ0n) is 15.1. The molecule has 0 aliphatic rings. The number of amides is 1. The number of alkyl halides is 3. The molecule has 0 aliphatic carbocycles. The largest absolute Gasteiger partial charge is 0.507 e. The van der Waals surface area contributed by atoms with E-state index in [9.17, 15) is 23.1 Å². The van der Waals surface area contributed by atoms with Crippen molar-refractivity contribution in [1.29, 1.82) is 0 Å². The average molecular weight is 463 g/mol. The number of phenols is 1. The van der Waals surface area contributed by atoms with Crippen LogP contribution in [0.15, 0.2) is 28.7 Å². The zero-order chi connectivity index (χ0) is 21.4. The first-order valence-corrected chi connectivity index (χ1v) is 8.86. The van der Waals surface area contributed by atoms with Crippen LogP contribution in [0.2, 0.25) is 0 Å². The molecule has 28 heavy (non-hydrogen) atoms. The normalized spacial score (nSPS) is 11.6. The highest BCUT2D eigenvalue weighted by molar-refractivity contribution is 9.10. The third-order valence-electron chi connectivity index (χ3n) is 4.16. The Morgan fingerprint density at radius 3 is 2.32 bits per heavy atom. The summed E-state index contributed by atoms with van der Waals surface area (Å²) in [4.78, 5) is 12.7. The summed E-state index contributed by atoms with van der Waals surface area (Å²) < 4.78 is 40.6. The maximum Gasteiger partial charge on any atom is 0.418 e. The third-order valence-corrected chi connectivity index (χ3v) is 4.99. The Labute approximate surface area is 167 Å². The van der Waals surface area contributed by atoms with Gasteiger partial charge in [0.15, 0.2) is 0 Å². The molecule has 0 bridgehead atoms. The van der Waals surface area contributed by atoms with Gasteiger partial charge in [0.05, 0.1) is 22.5 Å². The Morgan fingerprint density at radius 1 is 1.21 bits per heavy atom. The molecular formula is C18H18BrF3N2O4. The summed E-state index contributed by atoms with van der Waals surface area (Å²) in [5, 5.41) is 30.1. The molecule has 6 nitrogen and oxygen atoms in total. The van der Waals surface area contributed by atoms with Gasteiger partial charge in [0.25, 0.3) is 5.91 Å². The van der Waals surface area contributed by atoms with Crippen LogP contribution in [-0.4, -0.2) is 21.4 Å². The highest BCUT2D eigenvalue weighted by Crippen LogP contribution is 2.39. The van der Waals surface area contributed by atoms with E-state index in [4.69, 9.17) is 10.4 Å². The zero-order valence-corrected chi connectivity index (χ0v) is 16.7. The molecule has 10 heteroatoms. The molecule has 2 aromatic rings. The van der Waals surface area contributed by atoms with E-state index in [2.05, 4.69) is 21.2 Å². The molecule has 0 radical (unpaired) electrons. The van der Waals surface area contributed by atoms with Crippen LogP contribution in [0.25, 0.3) is 0 Å². The molecular weight excluding hydrogens is 445 g/mol. The van der Waals surface area contributed by atoms with Gasteiger partial charge in [-0.1, -0.05) is 29.8 Å². The number of nitrogens with one attached hydrogen (secondary N) is 1. The molecule has 0 aromatic heterocycles. The van der Waals surface area contributed by atoms with E-state index in [0.29, 0.717) is 21.7 Å². The Balaban J connectivity index is 2.55. The number of anilines is 2. The van der Waals surface area contributed by atoms with Crippen LogP contribution < -0.4 is 10.5 Å². The smallest absolute Gasteiger partial charge is 0.418 e. The second kappa shape index (κ2) is 7.98. The fourth-order valence-corrected chi connectivity index (χ4v) is 3.10. The molecule has 0 aliphatic heterocycles. The van der Waals surface area contributed by atoms with Crippen LogP contribution in [-0.2, 0) is 6.18 Å². The van der Waals surface area contributed by atoms with Gasteiger partial charge in [-0.2, -0.15) is 13.2 Å². The first-order valence-electron chi connectivity index (χ1n) is 8.07. The van der Waals surface area contributed by atoms with E-state index >= 15 is 0 Å². The van der Waals surface area contributed by atoms with Crippen LogP contribution in [0.1, 0.15) is 46.8 Å².